The van der Waals surface area contributed by atoms with Gasteiger partial charge in [0.25, 0.3) is 0 Å². The van der Waals surface area contributed by atoms with Gasteiger partial charge in [-0.05, 0) is 41.5 Å². The Hall–Kier alpha value is -3.63. The number of hydrogen-bond acceptors (Lipinski definition) is 3. The fraction of sp³-hybridized carbons (Fsp3) is 0.276. The van der Waals surface area contributed by atoms with Gasteiger partial charge >= 0.3 is 12.2 Å². The quantitative estimate of drug-likeness (QED) is 0.228. The van der Waals surface area contributed by atoms with Gasteiger partial charge in [0.2, 0.25) is 0 Å². The van der Waals surface area contributed by atoms with Gasteiger partial charge in [0, 0.05) is 47.9 Å². The standard InChI is InChI=1S/C29H29F3N4O2S/c30-29(31,32)19-36-26-8-4-7-25(34-23-13-15-39(38)16-14-23)24(26)17-27(36)21-11-9-20(10-12-21)18-33-28(37)35-22-5-2-1-3-6-22/h1-12,17,23,34H,13-16,18-19H2,(H2,33,35,37). The molecule has 1 aromatic heterocycles. The average molecular weight is 555 g/mol. The zero-order valence-electron chi connectivity index (χ0n) is 21.1. The van der Waals surface area contributed by atoms with Crippen LogP contribution in [0.15, 0.2) is 78.9 Å². The lowest BCUT2D eigenvalue weighted by atomic mass is 10.1. The largest absolute Gasteiger partial charge is 0.616 e. The Labute approximate surface area is 227 Å². The molecule has 0 spiro atoms. The van der Waals surface area contributed by atoms with Crippen molar-refractivity contribution in [2.24, 2.45) is 0 Å². The molecule has 0 saturated carbocycles. The number of alkyl halides is 3. The van der Waals surface area contributed by atoms with Gasteiger partial charge < -0.3 is 25.1 Å². The van der Waals surface area contributed by atoms with Crippen LogP contribution in [0.25, 0.3) is 22.2 Å². The minimum absolute atomic E-state index is 0.133. The van der Waals surface area contributed by atoms with Crippen molar-refractivity contribution in [2.75, 3.05) is 22.1 Å². The van der Waals surface area contributed by atoms with Crippen molar-refractivity contribution in [1.82, 2.24) is 9.88 Å². The molecule has 10 heteroatoms. The number of fused-ring (bicyclic) bond motifs is 1. The van der Waals surface area contributed by atoms with Gasteiger partial charge in [0.05, 0.1) is 5.52 Å². The Kier molecular flexibility index (Phi) is 8.04. The summed E-state index contributed by atoms with van der Waals surface area (Å²) in [4.78, 5) is 12.2. The molecule has 0 unspecified atom stereocenters. The summed E-state index contributed by atoms with van der Waals surface area (Å²) in [5.41, 5.74) is 3.87. The molecule has 1 fully saturated rings. The smallest absolute Gasteiger partial charge is 0.406 e. The molecule has 39 heavy (non-hydrogen) atoms. The van der Waals surface area contributed by atoms with Crippen LogP contribution in [0, 0.1) is 0 Å². The number of carbonyl (C=O) groups is 1. The van der Waals surface area contributed by atoms with Crippen molar-refractivity contribution in [1.29, 1.82) is 0 Å². The van der Waals surface area contributed by atoms with E-state index in [-0.39, 0.29) is 18.6 Å². The summed E-state index contributed by atoms with van der Waals surface area (Å²) in [5, 5.41) is 9.73. The van der Waals surface area contributed by atoms with Crippen molar-refractivity contribution in [2.45, 2.75) is 38.1 Å². The molecular weight excluding hydrogens is 525 g/mol. The third kappa shape index (κ3) is 6.88. The number of amides is 2. The zero-order chi connectivity index (χ0) is 27.4. The number of carbonyl (C=O) groups excluding carboxylic acids is 1. The molecule has 0 atom stereocenters. The van der Waals surface area contributed by atoms with Crippen LogP contribution in [0.3, 0.4) is 0 Å². The number of para-hydroxylation sites is 1. The van der Waals surface area contributed by atoms with Gasteiger partial charge in [0.15, 0.2) is 0 Å². The van der Waals surface area contributed by atoms with Crippen LogP contribution in [-0.4, -0.2) is 38.9 Å². The summed E-state index contributed by atoms with van der Waals surface area (Å²) in [7, 11) is 0. The van der Waals surface area contributed by atoms with Gasteiger partial charge in [-0.1, -0.05) is 59.7 Å². The van der Waals surface area contributed by atoms with Crippen LogP contribution in [-0.2, 0) is 24.3 Å². The van der Waals surface area contributed by atoms with E-state index in [2.05, 4.69) is 16.0 Å². The number of nitrogens with one attached hydrogen (secondary N) is 3. The van der Waals surface area contributed by atoms with Crippen molar-refractivity contribution in [3.05, 3.63) is 84.4 Å². The highest BCUT2D eigenvalue weighted by Gasteiger charge is 2.30. The first-order valence-corrected chi connectivity index (χ1v) is 14.2. The van der Waals surface area contributed by atoms with Crippen molar-refractivity contribution < 1.29 is 22.5 Å². The van der Waals surface area contributed by atoms with Crippen molar-refractivity contribution in [3.8, 4) is 11.3 Å². The second-order valence-electron chi connectivity index (χ2n) is 9.61. The Bertz CT molecular complexity index is 1420. The van der Waals surface area contributed by atoms with E-state index in [0.29, 0.717) is 39.4 Å². The maximum absolute atomic E-state index is 13.6. The van der Waals surface area contributed by atoms with Gasteiger partial charge in [-0.15, -0.1) is 0 Å². The summed E-state index contributed by atoms with van der Waals surface area (Å²) in [5.74, 6) is 1.26. The third-order valence-corrected chi connectivity index (χ3v) is 8.15. The first-order chi connectivity index (χ1) is 18.7. The lowest BCUT2D eigenvalue weighted by Gasteiger charge is -2.26. The molecule has 0 aliphatic carbocycles. The number of anilines is 2. The molecule has 204 valence electrons. The highest BCUT2D eigenvalue weighted by atomic mass is 32.2. The van der Waals surface area contributed by atoms with Gasteiger partial charge in [-0.3, -0.25) is 0 Å². The minimum atomic E-state index is -4.40. The number of halogens is 3. The Morgan fingerprint density at radius 1 is 0.974 bits per heavy atom. The maximum Gasteiger partial charge on any atom is 0.406 e. The third-order valence-electron chi connectivity index (χ3n) is 6.77. The zero-order valence-corrected chi connectivity index (χ0v) is 21.9. The van der Waals surface area contributed by atoms with Crippen LogP contribution < -0.4 is 16.0 Å². The normalized spacial score (nSPS) is 17.6. The summed E-state index contributed by atoms with van der Waals surface area (Å²) < 4.78 is 53.9. The van der Waals surface area contributed by atoms with E-state index in [1.807, 2.05) is 24.3 Å². The van der Waals surface area contributed by atoms with E-state index >= 15 is 0 Å². The summed E-state index contributed by atoms with van der Waals surface area (Å²) in [6.45, 7) is -0.842. The highest BCUT2D eigenvalue weighted by Crippen LogP contribution is 2.36. The first-order valence-electron chi connectivity index (χ1n) is 12.7. The van der Waals surface area contributed by atoms with E-state index in [9.17, 15) is 22.5 Å². The van der Waals surface area contributed by atoms with E-state index in [1.165, 1.54) is 4.57 Å². The molecule has 6 nitrogen and oxygen atoms in total. The molecule has 3 N–H and O–H groups in total. The molecule has 2 amide bonds. The van der Waals surface area contributed by atoms with Crippen molar-refractivity contribution in [3.63, 3.8) is 0 Å². The summed E-state index contributed by atoms with van der Waals surface area (Å²) >= 11 is -0.794. The predicted molar refractivity (Wildman–Crippen MR) is 150 cm³/mol. The molecule has 1 aliphatic rings. The fourth-order valence-corrected chi connectivity index (χ4v) is 6.13. The van der Waals surface area contributed by atoms with Crippen molar-refractivity contribution >= 4 is 39.5 Å². The van der Waals surface area contributed by atoms with Crippen LogP contribution in [0.4, 0.5) is 29.3 Å². The van der Waals surface area contributed by atoms with Gasteiger partial charge in [0.1, 0.15) is 18.1 Å². The Balaban J connectivity index is 1.37. The fourth-order valence-electron chi connectivity index (χ4n) is 4.83. The second-order valence-corrected chi connectivity index (χ2v) is 11.3. The molecule has 4 aromatic rings. The lowest BCUT2D eigenvalue weighted by molar-refractivity contribution is -0.139. The van der Waals surface area contributed by atoms with Crippen LogP contribution in [0.5, 0.6) is 0 Å². The van der Waals surface area contributed by atoms with E-state index in [4.69, 9.17) is 0 Å². The Morgan fingerprint density at radius 3 is 2.38 bits per heavy atom. The van der Waals surface area contributed by atoms with Gasteiger partial charge in [-0.2, -0.15) is 13.2 Å². The SMILES string of the molecule is O=C(NCc1ccc(-c2cc3c(NC4CC[S+]([O-])CC4)cccc3n2CC(F)(F)F)cc1)Nc1ccccc1. The topological polar surface area (TPSA) is 81.2 Å². The number of benzene rings is 3. The number of aromatic nitrogens is 1. The number of hydrogen-bond donors (Lipinski definition) is 3. The van der Waals surface area contributed by atoms with Crippen LogP contribution >= 0.6 is 0 Å². The maximum atomic E-state index is 13.6. The average Bonchev–Trinajstić information content (AvgIpc) is 3.27. The highest BCUT2D eigenvalue weighted by molar-refractivity contribution is 7.91. The minimum Gasteiger partial charge on any atom is -0.616 e. The Morgan fingerprint density at radius 2 is 1.69 bits per heavy atom. The monoisotopic (exact) mass is 554 g/mol. The van der Waals surface area contributed by atoms with E-state index in [0.717, 1.165) is 24.1 Å². The number of nitrogens with zero attached hydrogens (tertiary/aromatic N) is 1. The molecular formula is C29H29F3N4O2S. The van der Waals surface area contributed by atoms with Crippen LogP contribution in [0.2, 0.25) is 0 Å². The second kappa shape index (κ2) is 11.6. The molecule has 0 bridgehead atoms. The molecule has 5 rings (SSSR count). The van der Waals surface area contributed by atoms with E-state index in [1.54, 1.807) is 54.6 Å². The van der Waals surface area contributed by atoms with E-state index < -0.39 is 23.9 Å². The van der Waals surface area contributed by atoms with Gasteiger partial charge in [-0.25, -0.2) is 4.79 Å². The lowest BCUT2D eigenvalue weighted by Crippen LogP contribution is -2.32. The summed E-state index contributed by atoms with van der Waals surface area (Å²) in [6, 6.07) is 23.2. The molecule has 1 aliphatic heterocycles. The first kappa shape index (κ1) is 27.0. The molecule has 3 aromatic carbocycles. The number of rotatable bonds is 7. The molecule has 0 radical (unpaired) electrons. The number of urea groups is 1. The van der Waals surface area contributed by atoms with Crippen LogP contribution in [0.1, 0.15) is 18.4 Å². The molecule has 2 heterocycles. The molecule has 1 saturated heterocycles. The summed E-state index contributed by atoms with van der Waals surface area (Å²) in [6.07, 6.45) is -2.87. The predicted octanol–water partition coefficient (Wildman–Crippen LogP) is 6.52.